The van der Waals surface area contributed by atoms with Gasteiger partial charge in [-0.3, -0.25) is 9.78 Å². The van der Waals surface area contributed by atoms with Crippen LogP contribution in [0.5, 0.6) is 0 Å². The van der Waals surface area contributed by atoms with Crippen molar-refractivity contribution in [3.63, 3.8) is 0 Å². The molecule has 0 aliphatic heterocycles. The van der Waals surface area contributed by atoms with Gasteiger partial charge in [0, 0.05) is 22.3 Å². The molecule has 0 amide bonds. The van der Waals surface area contributed by atoms with Crippen molar-refractivity contribution in [2.75, 3.05) is 0 Å². The lowest BCUT2D eigenvalue weighted by molar-refractivity contribution is 0.104. The zero-order valence-corrected chi connectivity index (χ0v) is 13.6. The lowest BCUT2D eigenvalue weighted by Crippen LogP contribution is -2.02. The molecule has 2 aromatic heterocycles. The van der Waals surface area contributed by atoms with Gasteiger partial charge in [-0.15, -0.1) is 11.3 Å². The summed E-state index contributed by atoms with van der Waals surface area (Å²) in [6.45, 7) is 0. The zero-order valence-electron chi connectivity index (χ0n) is 12.0. The molecule has 0 aliphatic carbocycles. The highest BCUT2D eigenvalue weighted by Gasteiger charge is 2.15. The number of carbonyl (C=O) groups excluding carboxylic acids is 1. The Bertz CT molecular complexity index is 877. The van der Waals surface area contributed by atoms with E-state index in [0.29, 0.717) is 15.5 Å². The molecular weight excluding hydrogens is 328 g/mol. The molecular formula is C18H11ClN2OS. The number of aromatic nitrogens is 1. The minimum atomic E-state index is -0.0968. The third-order valence-corrected chi connectivity index (χ3v) is 4.60. The lowest BCUT2D eigenvalue weighted by Gasteiger charge is -2.04. The van der Waals surface area contributed by atoms with Gasteiger partial charge in [-0.2, -0.15) is 5.26 Å². The van der Waals surface area contributed by atoms with Gasteiger partial charge in [0.25, 0.3) is 0 Å². The van der Waals surface area contributed by atoms with E-state index in [1.165, 1.54) is 11.3 Å². The number of ketones is 1. The van der Waals surface area contributed by atoms with E-state index in [1.54, 1.807) is 24.4 Å². The van der Waals surface area contributed by atoms with Crippen molar-refractivity contribution >= 4 is 28.7 Å². The van der Waals surface area contributed by atoms with Gasteiger partial charge in [-0.05, 0) is 41.3 Å². The smallest absolute Gasteiger partial charge is 0.204 e. The molecule has 0 N–H and O–H groups in total. The van der Waals surface area contributed by atoms with Crippen LogP contribution < -0.4 is 0 Å². The molecule has 0 saturated heterocycles. The van der Waals surface area contributed by atoms with E-state index in [2.05, 4.69) is 11.1 Å². The van der Waals surface area contributed by atoms with Crippen molar-refractivity contribution in [3.05, 3.63) is 75.1 Å². The van der Waals surface area contributed by atoms with Gasteiger partial charge in [0.15, 0.2) is 0 Å². The summed E-state index contributed by atoms with van der Waals surface area (Å²) in [6, 6.07) is 14.8. The van der Waals surface area contributed by atoms with Gasteiger partial charge in [0.2, 0.25) is 5.78 Å². The second-order valence-corrected chi connectivity index (χ2v) is 6.23. The average molecular weight is 339 g/mol. The predicted octanol–water partition coefficient (Wildman–Crippen LogP) is 4.76. The lowest BCUT2D eigenvalue weighted by atomic mass is 10.1. The zero-order chi connectivity index (χ0) is 16.2. The quantitative estimate of drug-likeness (QED) is 0.644. The number of nitriles is 1. The fourth-order valence-corrected chi connectivity index (χ4v) is 3.22. The van der Waals surface area contributed by atoms with Crippen molar-refractivity contribution in [3.8, 4) is 17.3 Å². The largest absolute Gasteiger partial charge is 0.288 e. The Morgan fingerprint density at radius 1 is 1.17 bits per heavy atom. The summed E-state index contributed by atoms with van der Waals surface area (Å²) >= 11 is 7.23. The van der Waals surface area contributed by atoms with Crippen molar-refractivity contribution in [1.29, 1.82) is 5.26 Å². The van der Waals surface area contributed by atoms with E-state index in [4.69, 9.17) is 16.9 Å². The Hall–Kier alpha value is -2.48. The number of hydrogen-bond donors (Lipinski definition) is 0. The second-order valence-electron chi connectivity index (χ2n) is 4.88. The maximum absolute atomic E-state index is 12.5. The molecule has 0 unspecified atom stereocenters. The molecule has 0 aliphatic rings. The van der Waals surface area contributed by atoms with Crippen LogP contribution in [0.1, 0.15) is 20.8 Å². The highest BCUT2D eigenvalue weighted by Crippen LogP contribution is 2.23. The average Bonchev–Trinajstić information content (AvgIpc) is 3.04. The Kier molecular flexibility index (Phi) is 4.52. The topological polar surface area (TPSA) is 53.8 Å². The maximum atomic E-state index is 12.5. The van der Waals surface area contributed by atoms with Crippen LogP contribution in [0.4, 0.5) is 0 Å². The molecule has 112 valence electrons. The molecule has 0 bridgehead atoms. The van der Waals surface area contributed by atoms with Crippen LogP contribution in [0.3, 0.4) is 0 Å². The molecule has 1 aromatic carbocycles. The number of halogens is 1. The van der Waals surface area contributed by atoms with E-state index >= 15 is 0 Å². The molecule has 23 heavy (non-hydrogen) atoms. The maximum Gasteiger partial charge on any atom is 0.204 e. The number of benzene rings is 1. The van der Waals surface area contributed by atoms with Crippen molar-refractivity contribution < 1.29 is 4.79 Å². The fraction of sp³-hybridized carbons (Fsp3) is 0.0556. The Labute approximate surface area is 142 Å². The summed E-state index contributed by atoms with van der Waals surface area (Å²) in [4.78, 5) is 17.5. The van der Waals surface area contributed by atoms with E-state index < -0.39 is 0 Å². The van der Waals surface area contributed by atoms with Crippen molar-refractivity contribution in [1.82, 2.24) is 4.98 Å². The minimum absolute atomic E-state index is 0.0968. The Morgan fingerprint density at radius 2 is 1.96 bits per heavy atom. The van der Waals surface area contributed by atoms with E-state index in [1.807, 2.05) is 29.6 Å². The van der Waals surface area contributed by atoms with Gasteiger partial charge in [0.05, 0.1) is 23.1 Å². The van der Waals surface area contributed by atoms with Crippen LogP contribution in [0.15, 0.2) is 54.0 Å². The van der Waals surface area contributed by atoms with Gasteiger partial charge >= 0.3 is 0 Å². The monoisotopic (exact) mass is 338 g/mol. The summed E-state index contributed by atoms with van der Waals surface area (Å²) in [5, 5.41) is 11.3. The highest BCUT2D eigenvalue weighted by molar-refractivity contribution is 7.12. The first-order chi connectivity index (χ1) is 11.2. The normalized spacial score (nSPS) is 10.3. The van der Waals surface area contributed by atoms with Crippen LogP contribution in [-0.4, -0.2) is 10.8 Å². The summed E-state index contributed by atoms with van der Waals surface area (Å²) in [5.74, 6) is -0.0968. The number of nitrogens with zero attached hydrogens (tertiary/aromatic N) is 2. The molecule has 0 atom stereocenters. The standard InChI is InChI=1S/C18H11ClN2OS/c19-15-4-1-12(2-5-15)16-6-3-14(11-21-16)17(22)18-13(7-9-20)8-10-23-18/h1-6,8,10-11H,7H2. The third kappa shape index (κ3) is 3.31. The minimum Gasteiger partial charge on any atom is -0.288 e. The summed E-state index contributed by atoms with van der Waals surface area (Å²) in [6.07, 6.45) is 1.81. The first kappa shape index (κ1) is 15.4. The highest BCUT2D eigenvalue weighted by atomic mass is 35.5. The van der Waals surface area contributed by atoms with E-state index in [9.17, 15) is 4.79 Å². The van der Waals surface area contributed by atoms with Crippen LogP contribution in [-0.2, 0) is 6.42 Å². The van der Waals surface area contributed by atoms with Gasteiger partial charge < -0.3 is 0 Å². The summed E-state index contributed by atoms with van der Waals surface area (Å²) in [5.41, 5.74) is 3.00. The van der Waals surface area contributed by atoms with Crippen molar-refractivity contribution in [2.24, 2.45) is 0 Å². The molecule has 0 fully saturated rings. The predicted molar refractivity (Wildman–Crippen MR) is 91.8 cm³/mol. The third-order valence-electron chi connectivity index (χ3n) is 3.39. The van der Waals surface area contributed by atoms with Crippen molar-refractivity contribution in [2.45, 2.75) is 6.42 Å². The summed E-state index contributed by atoms with van der Waals surface area (Å²) < 4.78 is 0. The SMILES string of the molecule is N#CCc1ccsc1C(=O)c1ccc(-c2ccc(Cl)cc2)nc1. The number of rotatable bonds is 4. The van der Waals surface area contributed by atoms with Crippen LogP contribution in [0.25, 0.3) is 11.3 Å². The Morgan fingerprint density at radius 3 is 2.61 bits per heavy atom. The van der Waals surface area contributed by atoms with E-state index in [-0.39, 0.29) is 12.2 Å². The van der Waals surface area contributed by atoms with E-state index in [0.717, 1.165) is 16.8 Å². The fourth-order valence-electron chi connectivity index (χ4n) is 2.21. The number of thiophene rings is 1. The number of carbonyl (C=O) groups is 1. The number of pyridine rings is 1. The summed E-state index contributed by atoms with van der Waals surface area (Å²) in [7, 11) is 0. The van der Waals surface area contributed by atoms with Gasteiger partial charge in [-0.25, -0.2) is 0 Å². The molecule has 3 nitrogen and oxygen atoms in total. The van der Waals surface area contributed by atoms with Crippen LogP contribution in [0.2, 0.25) is 5.02 Å². The Balaban J connectivity index is 1.87. The van der Waals surface area contributed by atoms with Crippen LogP contribution >= 0.6 is 22.9 Å². The molecule has 2 heterocycles. The first-order valence-electron chi connectivity index (χ1n) is 6.89. The molecule has 5 heteroatoms. The molecule has 0 spiro atoms. The van der Waals surface area contributed by atoms with Gasteiger partial charge in [0.1, 0.15) is 0 Å². The number of hydrogen-bond acceptors (Lipinski definition) is 4. The molecule has 3 rings (SSSR count). The molecule has 0 radical (unpaired) electrons. The molecule has 0 saturated carbocycles. The van der Waals surface area contributed by atoms with Crippen LogP contribution in [0, 0.1) is 11.3 Å². The molecule has 3 aromatic rings. The first-order valence-corrected chi connectivity index (χ1v) is 8.15. The second kappa shape index (κ2) is 6.74. The van der Waals surface area contributed by atoms with Gasteiger partial charge in [-0.1, -0.05) is 23.7 Å².